The molecule has 5 nitrogen and oxygen atoms in total. The monoisotopic (exact) mass is 404 g/mol. The molecule has 0 spiro atoms. The van der Waals surface area contributed by atoms with Gasteiger partial charge in [-0.1, -0.05) is 19.1 Å². The van der Waals surface area contributed by atoms with Gasteiger partial charge in [0.2, 0.25) is 0 Å². The summed E-state index contributed by atoms with van der Waals surface area (Å²) in [5.41, 5.74) is 2.16. The highest BCUT2D eigenvalue weighted by Crippen LogP contribution is 2.25. The quantitative estimate of drug-likeness (QED) is 0.734. The van der Waals surface area contributed by atoms with Crippen molar-refractivity contribution in [3.05, 3.63) is 58.1 Å². The van der Waals surface area contributed by atoms with Gasteiger partial charge in [-0.15, -0.1) is 0 Å². The van der Waals surface area contributed by atoms with Crippen LogP contribution in [-0.2, 0) is 4.79 Å². The molecule has 132 valence electrons. The van der Waals surface area contributed by atoms with Gasteiger partial charge in [-0.2, -0.15) is 0 Å². The molecule has 0 aromatic heterocycles. The van der Waals surface area contributed by atoms with Crippen LogP contribution in [0.2, 0.25) is 0 Å². The molecule has 0 fully saturated rings. The molecule has 25 heavy (non-hydrogen) atoms. The molecule has 0 bridgehead atoms. The minimum Gasteiger partial charge on any atom is -0.483 e. The molecule has 0 radical (unpaired) electrons. The number of aryl methyl sites for hydroxylation is 1. The van der Waals surface area contributed by atoms with Gasteiger partial charge >= 0.3 is 0 Å². The number of halogens is 1. The minimum atomic E-state index is -0.293. The van der Waals surface area contributed by atoms with E-state index in [4.69, 9.17) is 4.74 Å². The Labute approximate surface area is 155 Å². The Morgan fingerprint density at radius 3 is 2.68 bits per heavy atom. The van der Waals surface area contributed by atoms with Gasteiger partial charge in [-0.25, -0.2) is 0 Å². The van der Waals surface area contributed by atoms with Crippen molar-refractivity contribution in [1.82, 2.24) is 5.32 Å². The summed E-state index contributed by atoms with van der Waals surface area (Å²) in [5.74, 6) is 0.157. The zero-order chi connectivity index (χ0) is 18.2. The Kier molecular flexibility index (Phi) is 7.01. The minimum absolute atomic E-state index is 0.117. The second-order valence-electron chi connectivity index (χ2n) is 5.61. The number of nitrogens with one attached hydrogen (secondary N) is 2. The summed E-state index contributed by atoms with van der Waals surface area (Å²) in [6.45, 7) is 4.47. The molecular formula is C19H21BrN2O3. The molecule has 2 amide bonds. The number of anilines is 1. The maximum atomic E-state index is 12.1. The first kappa shape index (κ1) is 19.0. The number of hydrogen-bond donors (Lipinski definition) is 2. The average Bonchev–Trinajstić information content (AvgIpc) is 2.59. The molecule has 2 N–H and O–H groups in total. The Balaban J connectivity index is 1.93. The number of ether oxygens (including phenoxy) is 1. The lowest BCUT2D eigenvalue weighted by molar-refractivity contribution is -0.118. The Bertz CT molecular complexity index is 762. The zero-order valence-corrected chi connectivity index (χ0v) is 15.9. The van der Waals surface area contributed by atoms with Gasteiger partial charge in [0.1, 0.15) is 5.75 Å². The molecule has 0 unspecified atom stereocenters. The van der Waals surface area contributed by atoms with Crippen molar-refractivity contribution in [3.63, 3.8) is 0 Å². The first-order chi connectivity index (χ1) is 12.0. The highest BCUT2D eigenvalue weighted by Gasteiger charge is 2.09. The molecule has 2 rings (SSSR count). The predicted octanol–water partition coefficient (Wildman–Crippen LogP) is 3.91. The molecule has 0 saturated carbocycles. The summed E-state index contributed by atoms with van der Waals surface area (Å²) in [7, 11) is 0. The largest absolute Gasteiger partial charge is 0.483 e. The van der Waals surface area contributed by atoms with Crippen LogP contribution in [0.15, 0.2) is 46.9 Å². The topological polar surface area (TPSA) is 67.4 Å². The van der Waals surface area contributed by atoms with E-state index >= 15 is 0 Å². The summed E-state index contributed by atoms with van der Waals surface area (Å²) >= 11 is 3.41. The van der Waals surface area contributed by atoms with Crippen LogP contribution in [0.3, 0.4) is 0 Å². The average molecular weight is 405 g/mol. The van der Waals surface area contributed by atoms with Crippen LogP contribution >= 0.6 is 15.9 Å². The predicted molar refractivity (Wildman–Crippen MR) is 102 cm³/mol. The third-order valence-corrected chi connectivity index (χ3v) is 4.01. The van der Waals surface area contributed by atoms with E-state index in [0.29, 0.717) is 23.5 Å². The Hall–Kier alpha value is -2.34. The van der Waals surface area contributed by atoms with Gasteiger partial charge in [0.25, 0.3) is 11.8 Å². The van der Waals surface area contributed by atoms with Crippen molar-refractivity contribution in [2.45, 2.75) is 20.3 Å². The van der Waals surface area contributed by atoms with Crippen LogP contribution in [0, 0.1) is 6.92 Å². The van der Waals surface area contributed by atoms with Crippen molar-refractivity contribution in [2.75, 3.05) is 18.5 Å². The van der Waals surface area contributed by atoms with E-state index in [1.807, 2.05) is 32.0 Å². The SMILES string of the molecule is CCCNC(=O)c1cccc(NC(=O)COc2ccc(C)cc2Br)c1. The number of hydrogen-bond acceptors (Lipinski definition) is 3. The van der Waals surface area contributed by atoms with Gasteiger partial charge in [-0.3, -0.25) is 9.59 Å². The van der Waals surface area contributed by atoms with Crippen LogP contribution in [0.5, 0.6) is 5.75 Å². The lowest BCUT2D eigenvalue weighted by atomic mass is 10.2. The lowest BCUT2D eigenvalue weighted by Gasteiger charge is -2.10. The van der Waals surface area contributed by atoms with E-state index in [9.17, 15) is 9.59 Å². The maximum absolute atomic E-state index is 12.1. The Morgan fingerprint density at radius 1 is 1.16 bits per heavy atom. The number of carbonyl (C=O) groups is 2. The first-order valence-electron chi connectivity index (χ1n) is 8.06. The fourth-order valence-electron chi connectivity index (χ4n) is 2.14. The van der Waals surface area contributed by atoms with E-state index < -0.39 is 0 Å². The molecule has 0 heterocycles. The van der Waals surface area contributed by atoms with Crippen molar-refractivity contribution in [1.29, 1.82) is 0 Å². The van der Waals surface area contributed by atoms with Crippen LogP contribution in [0.1, 0.15) is 29.3 Å². The lowest BCUT2D eigenvalue weighted by Crippen LogP contribution is -2.24. The molecule has 2 aromatic carbocycles. The molecule has 0 aliphatic heterocycles. The van der Waals surface area contributed by atoms with Crippen molar-refractivity contribution < 1.29 is 14.3 Å². The molecule has 2 aromatic rings. The number of amides is 2. The van der Waals surface area contributed by atoms with Gasteiger partial charge in [0.15, 0.2) is 6.61 Å². The Morgan fingerprint density at radius 2 is 1.96 bits per heavy atom. The van der Waals surface area contributed by atoms with Crippen molar-refractivity contribution >= 4 is 33.4 Å². The maximum Gasteiger partial charge on any atom is 0.262 e. The van der Waals surface area contributed by atoms with Crippen LogP contribution in [0.4, 0.5) is 5.69 Å². The van der Waals surface area contributed by atoms with E-state index in [1.54, 1.807) is 24.3 Å². The third-order valence-electron chi connectivity index (χ3n) is 3.39. The molecule has 0 aliphatic carbocycles. The second kappa shape index (κ2) is 9.22. The normalized spacial score (nSPS) is 10.2. The van der Waals surface area contributed by atoms with Crippen LogP contribution in [-0.4, -0.2) is 25.0 Å². The molecule has 0 atom stereocenters. The van der Waals surface area contributed by atoms with Crippen molar-refractivity contribution in [2.24, 2.45) is 0 Å². The summed E-state index contributed by atoms with van der Waals surface area (Å²) < 4.78 is 6.32. The van der Waals surface area contributed by atoms with E-state index in [2.05, 4.69) is 26.6 Å². The smallest absolute Gasteiger partial charge is 0.262 e. The number of benzene rings is 2. The molecule has 6 heteroatoms. The summed E-state index contributed by atoms with van der Waals surface area (Å²) in [5, 5.41) is 5.54. The van der Waals surface area contributed by atoms with E-state index in [1.165, 1.54) is 0 Å². The highest BCUT2D eigenvalue weighted by atomic mass is 79.9. The van der Waals surface area contributed by atoms with Crippen LogP contribution < -0.4 is 15.4 Å². The third kappa shape index (κ3) is 5.90. The van der Waals surface area contributed by atoms with Crippen molar-refractivity contribution in [3.8, 4) is 5.75 Å². The molecule has 0 saturated heterocycles. The first-order valence-corrected chi connectivity index (χ1v) is 8.86. The molecule has 0 aliphatic rings. The van der Waals surface area contributed by atoms with Crippen LogP contribution in [0.25, 0.3) is 0 Å². The summed E-state index contributed by atoms with van der Waals surface area (Å²) in [4.78, 5) is 24.0. The second-order valence-corrected chi connectivity index (χ2v) is 6.46. The summed E-state index contributed by atoms with van der Waals surface area (Å²) in [6.07, 6.45) is 0.869. The number of rotatable bonds is 7. The number of carbonyl (C=O) groups excluding carboxylic acids is 2. The van der Waals surface area contributed by atoms with E-state index in [-0.39, 0.29) is 18.4 Å². The fourth-order valence-corrected chi connectivity index (χ4v) is 2.75. The fraction of sp³-hybridized carbons (Fsp3) is 0.263. The standard InChI is InChI=1S/C19H21BrN2O3/c1-3-9-21-19(24)14-5-4-6-15(11-14)22-18(23)12-25-17-8-7-13(2)10-16(17)20/h4-8,10-11H,3,9,12H2,1-2H3,(H,21,24)(H,22,23). The van der Waals surface area contributed by atoms with Gasteiger partial charge in [-0.05, 0) is 65.2 Å². The summed E-state index contributed by atoms with van der Waals surface area (Å²) in [6, 6.07) is 12.5. The molecular weight excluding hydrogens is 384 g/mol. The highest BCUT2D eigenvalue weighted by molar-refractivity contribution is 9.10. The van der Waals surface area contributed by atoms with Gasteiger partial charge < -0.3 is 15.4 Å². The van der Waals surface area contributed by atoms with E-state index in [0.717, 1.165) is 16.5 Å². The zero-order valence-electron chi connectivity index (χ0n) is 14.3. The van der Waals surface area contributed by atoms with Gasteiger partial charge in [0.05, 0.1) is 4.47 Å². The van der Waals surface area contributed by atoms with Gasteiger partial charge in [0, 0.05) is 17.8 Å².